The number of carbonyl (C=O) groups is 1. The molecule has 0 saturated carbocycles. The van der Waals surface area contributed by atoms with E-state index in [0.717, 1.165) is 12.1 Å². The van der Waals surface area contributed by atoms with Crippen LogP contribution in [0.1, 0.15) is 18.1 Å². The molecule has 0 aliphatic rings. The fourth-order valence-electron chi connectivity index (χ4n) is 2.08. The average Bonchev–Trinajstić information content (AvgIpc) is 2.43. The van der Waals surface area contributed by atoms with Crippen molar-refractivity contribution in [1.82, 2.24) is 10.2 Å². The van der Waals surface area contributed by atoms with Gasteiger partial charge in [-0.15, -0.1) is 0 Å². The predicted molar refractivity (Wildman–Crippen MR) is 75.9 cm³/mol. The zero-order valence-corrected chi connectivity index (χ0v) is 12.5. The summed E-state index contributed by atoms with van der Waals surface area (Å²) in [6.07, 6.45) is -4.06. The number of nitrogens with zero attached hydrogens (tertiary/aromatic N) is 1. The number of amides is 1. The summed E-state index contributed by atoms with van der Waals surface area (Å²) < 4.78 is 37.9. The lowest BCUT2D eigenvalue weighted by Crippen LogP contribution is -2.36. The third-order valence-corrected chi connectivity index (χ3v) is 3.29. The lowest BCUT2D eigenvalue weighted by Gasteiger charge is -2.21. The summed E-state index contributed by atoms with van der Waals surface area (Å²) in [5.74, 6) is -0.419. The van der Waals surface area contributed by atoms with Gasteiger partial charge >= 0.3 is 6.18 Å². The highest BCUT2D eigenvalue weighted by atomic mass is 19.4. The number of hydrogen-bond acceptors (Lipinski definition) is 2. The van der Waals surface area contributed by atoms with Crippen molar-refractivity contribution in [1.29, 1.82) is 0 Å². The third-order valence-electron chi connectivity index (χ3n) is 3.29. The quantitative estimate of drug-likeness (QED) is 0.876. The van der Waals surface area contributed by atoms with E-state index in [2.05, 4.69) is 5.32 Å². The van der Waals surface area contributed by atoms with Crippen molar-refractivity contribution in [2.75, 3.05) is 27.2 Å². The minimum atomic E-state index is -4.35. The van der Waals surface area contributed by atoms with Crippen LogP contribution in [0.15, 0.2) is 24.3 Å². The largest absolute Gasteiger partial charge is 0.416 e. The summed E-state index contributed by atoms with van der Waals surface area (Å²) in [4.78, 5) is 13.7. The summed E-state index contributed by atoms with van der Waals surface area (Å²) in [5.41, 5.74) is -0.157. The molecule has 1 rings (SSSR count). The lowest BCUT2D eigenvalue weighted by molar-refractivity contribution is -0.137. The van der Waals surface area contributed by atoms with Gasteiger partial charge in [-0.25, -0.2) is 0 Å². The van der Waals surface area contributed by atoms with Crippen LogP contribution >= 0.6 is 0 Å². The molecule has 0 heterocycles. The Bertz CT molecular complexity index is 474. The minimum Gasteiger partial charge on any atom is -0.344 e. The SMILES string of the molecule is CNCCN(C)C(=O)C(C)Cc1cccc(C(F)(F)F)c1. The first kappa shape index (κ1) is 17.5. The number of hydrogen-bond donors (Lipinski definition) is 1. The normalized spacial score (nSPS) is 13.0. The second-order valence-electron chi connectivity index (χ2n) is 5.17. The Balaban J connectivity index is 2.70. The maximum absolute atomic E-state index is 12.6. The maximum atomic E-state index is 12.6. The van der Waals surface area contributed by atoms with E-state index in [0.29, 0.717) is 25.1 Å². The van der Waals surface area contributed by atoms with Crippen LogP contribution in [0.4, 0.5) is 13.2 Å². The molecular formula is C15H21F3N2O. The van der Waals surface area contributed by atoms with Crippen molar-refractivity contribution >= 4 is 5.91 Å². The smallest absolute Gasteiger partial charge is 0.344 e. The third kappa shape index (κ3) is 5.38. The van der Waals surface area contributed by atoms with Crippen LogP contribution in [-0.4, -0.2) is 38.0 Å². The van der Waals surface area contributed by atoms with E-state index < -0.39 is 11.7 Å². The summed E-state index contributed by atoms with van der Waals surface area (Å²) in [7, 11) is 3.49. The lowest BCUT2D eigenvalue weighted by atomic mass is 9.98. The molecule has 0 spiro atoms. The Labute approximate surface area is 123 Å². The van der Waals surface area contributed by atoms with Gasteiger partial charge in [0.2, 0.25) is 5.91 Å². The molecule has 1 aromatic rings. The average molecular weight is 302 g/mol. The number of carbonyl (C=O) groups excluding carboxylic acids is 1. The molecule has 1 unspecified atom stereocenters. The summed E-state index contributed by atoms with van der Waals surface area (Å²) in [5, 5.41) is 2.95. The summed E-state index contributed by atoms with van der Waals surface area (Å²) >= 11 is 0. The van der Waals surface area contributed by atoms with Crippen molar-refractivity contribution in [2.24, 2.45) is 5.92 Å². The Kier molecular flexibility index (Phi) is 6.20. The van der Waals surface area contributed by atoms with Crippen LogP contribution in [0.25, 0.3) is 0 Å². The van der Waals surface area contributed by atoms with Crippen molar-refractivity contribution in [3.8, 4) is 0 Å². The summed E-state index contributed by atoms with van der Waals surface area (Å²) in [6, 6.07) is 5.14. The molecule has 0 aliphatic carbocycles. The highest BCUT2D eigenvalue weighted by molar-refractivity contribution is 5.78. The molecule has 0 aliphatic heterocycles. The molecule has 118 valence electrons. The van der Waals surface area contributed by atoms with E-state index >= 15 is 0 Å². The van der Waals surface area contributed by atoms with Crippen LogP contribution in [-0.2, 0) is 17.4 Å². The minimum absolute atomic E-state index is 0.0670. The number of likely N-dealkylation sites (N-methyl/N-ethyl adjacent to an activating group) is 2. The Morgan fingerprint density at radius 2 is 2.05 bits per heavy atom. The monoisotopic (exact) mass is 302 g/mol. The molecule has 0 radical (unpaired) electrons. The molecule has 3 nitrogen and oxygen atoms in total. The van der Waals surface area contributed by atoms with Gasteiger partial charge < -0.3 is 10.2 Å². The first-order valence-electron chi connectivity index (χ1n) is 6.81. The fourth-order valence-corrected chi connectivity index (χ4v) is 2.08. The molecule has 1 amide bonds. The molecule has 0 aromatic heterocycles. The number of halogens is 3. The van der Waals surface area contributed by atoms with Gasteiger partial charge in [0.25, 0.3) is 0 Å². The number of benzene rings is 1. The highest BCUT2D eigenvalue weighted by Crippen LogP contribution is 2.30. The first-order valence-corrected chi connectivity index (χ1v) is 6.81. The highest BCUT2D eigenvalue weighted by Gasteiger charge is 2.30. The predicted octanol–water partition coefficient (Wildman–Crippen LogP) is 2.56. The van der Waals surface area contributed by atoms with E-state index in [1.807, 2.05) is 0 Å². The Morgan fingerprint density at radius 1 is 1.38 bits per heavy atom. The van der Waals surface area contributed by atoms with E-state index in [1.54, 1.807) is 32.0 Å². The van der Waals surface area contributed by atoms with Gasteiger partial charge in [-0.1, -0.05) is 25.1 Å². The van der Waals surface area contributed by atoms with E-state index in [1.165, 1.54) is 6.07 Å². The van der Waals surface area contributed by atoms with Gasteiger partial charge in [0.1, 0.15) is 0 Å². The van der Waals surface area contributed by atoms with Crippen LogP contribution in [0, 0.1) is 5.92 Å². The first-order chi connectivity index (χ1) is 9.75. The van der Waals surface area contributed by atoms with Crippen LogP contribution in [0.3, 0.4) is 0 Å². The van der Waals surface area contributed by atoms with Gasteiger partial charge in [0.05, 0.1) is 5.56 Å². The fraction of sp³-hybridized carbons (Fsp3) is 0.533. The topological polar surface area (TPSA) is 32.3 Å². The maximum Gasteiger partial charge on any atom is 0.416 e. The van der Waals surface area contributed by atoms with Crippen LogP contribution in [0.5, 0.6) is 0 Å². The zero-order chi connectivity index (χ0) is 16.0. The van der Waals surface area contributed by atoms with Gasteiger partial charge in [-0.05, 0) is 25.1 Å². The molecule has 0 bridgehead atoms. The van der Waals surface area contributed by atoms with Crippen molar-refractivity contribution < 1.29 is 18.0 Å². The second kappa shape index (κ2) is 7.45. The van der Waals surface area contributed by atoms with E-state index in [4.69, 9.17) is 0 Å². The molecule has 21 heavy (non-hydrogen) atoms. The standard InChI is InChI=1S/C15H21F3N2O/c1-11(14(21)20(3)8-7-19-2)9-12-5-4-6-13(10-12)15(16,17)18/h4-6,10-11,19H,7-9H2,1-3H3. The van der Waals surface area contributed by atoms with Crippen molar-refractivity contribution in [3.63, 3.8) is 0 Å². The van der Waals surface area contributed by atoms with Crippen molar-refractivity contribution in [2.45, 2.75) is 19.5 Å². The molecule has 1 atom stereocenters. The molecule has 1 N–H and O–H groups in total. The van der Waals surface area contributed by atoms with Gasteiger partial charge in [0, 0.05) is 26.1 Å². The Morgan fingerprint density at radius 3 is 2.62 bits per heavy atom. The summed E-state index contributed by atoms with van der Waals surface area (Å²) in [6.45, 7) is 2.99. The number of rotatable bonds is 6. The van der Waals surface area contributed by atoms with Gasteiger partial charge in [-0.3, -0.25) is 4.79 Å². The Hall–Kier alpha value is -1.56. The zero-order valence-electron chi connectivity index (χ0n) is 12.5. The number of nitrogens with one attached hydrogen (secondary N) is 1. The second-order valence-corrected chi connectivity index (χ2v) is 5.17. The van der Waals surface area contributed by atoms with Crippen LogP contribution in [0.2, 0.25) is 0 Å². The molecule has 0 fully saturated rings. The molecule has 6 heteroatoms. The van der Waals surface area contributed by atoms with Gasteiger partial charge in [0.15, 0.2) is 0 Å². The van der Waals surface area contributed by atoms with E-state index in [-0.39, 0.29) is 11.8 Å². The molecular weight excluding hydrogens is 281 g/mol. The van der Waals surface area contributed by atoms with E-state index in [9.17, 15) is 18.0 Å². The van der Waals surface area contributed by atoms with Gasteiger partial charge in [-0.2, -0.15) is 13.2 Å². The molecule has 1 aromatic carbocycles. The van der Waals surface area contributed by atoms with Crippen LogP contribution < -0.4 is 5.32 Å². The van der Waals surface area contributed by atoms with Crippen molar-refractivity contribution in [3.05, 3.63) is 35.4 Å². The number of alkyl halides is 3. The molecule has 0 saturated heterocycles.